The smallest absolute Gasteiger partial charge is 0.197 e. The molecule has 0 fully saturated rings. The number of aryl methyl sites for hydroxylation is 1. The summed E-state index contributed by atoms with van der Waals surface area (Å²) in [6.45, 7) is 3.80. The SMILES string of the molecule is C=C1C(=O)C(c2ccc(C=Cc3ccc(C=CC=Cc4cc[n+](C)cc4)cc3)cc2)=C1NC. The molecule has 3 aromatic rings. The minimum absolute atomic E-state index is 0.0153. The Morgan fingerprint density at radius 2 is 1.18 bits per heavy atom. The van der Waals surface area contributed by atoms with Gasteiger partial charge in [-0.3, -0.25) is 4.79 Å². The largest absolute Gasteiger partial charge is 0.387 e. The van der Waals surface area contributed by atoms with Crippen molar-refractivity contribution in [2.45, 2.75) is 0 Å². The number of allylic oxidation sites excluding steroid dienone is 4. The maximum Gasteiger partial charge on any atom is 0.197 e. The minimum Gasteiger partial charge on any atom is -0.387 e. The van der Waals surface area contributed by atoms with E-state index in [4.69, 9.17) is 0 Å². The number of benzene rings is 2. The summed E-state index contributed by atoms with van der Waals surface area (Å²) in [5.41, 5.74) is 7.57. The summed E-state index contributed by atoms with van der Waals surface area (Å²) >= 11 is 0. The molecule has 0 aliphatic heterocycles. The van der Waals surface area contributed by atoms with Gasteiger partial charge in [-0.2, -0.15) is 0 Å². The molecule has 162 valence electrons. The van der Waals surface area contributed by atoms with E-state index in [1.807, 2.05) is 55.3 Å². The van der Waals surface area contributed by atoms with Crippen LogP contribution in [0.4, 0.5) is 0 Å². The second-order valence-electron chi connectivity index (χ2n) is 7.94. The molecule has 0 radical (unpaired) electrons. The molecule has 0 bridgehead atoms. The van der Waals surface area contributed by atoms with E-state index >= 15 is 0 Å². The average Bonchev–Trinajstić information content (AvgIpc) is 2.85. The van der Waals surface area contributed by atoms with Crippen LogP contribution in [-0.2, 0) is 11.8 Å². The normalized spacial score (nSPS) is 14.0. The minimum atomic E-state index is 0.0153. The van der Waals surface area contributed by atoms with Gasteiger partial charge in [0.15, 0.2) is 18.2 Å². The molecule has 1 aliphatic carbocycles. The third kappa shape index (κ3) is 5.16. The Bertz CT molecular complexity index is 1290. The highest BCUT2D eigenvalue weighted by molar-refractivity contribution is 6.39. The van der Waals surface area contributed by atoms with Gasteiger partial charge in [0.25, 0.3) is 0 Å². The number of nitrogens with zero attached hydrogens (tertiary/aromatic N) is 1. The number of hydrogen-bond donors (Lipinski definition) is 1. The molecule has 0 atom stereocenters. The molecule has 33 heavy (non-hydrogen) atoms. The van der Waals surface area contributed by atoms with Crippen LogP contribution in [0.1, 0.15) is 27.8 Å². The number of aromatic nitrogens is 1. The number of rotatable bonds is 7. The second kappa shape index (κ2) is 9.92. The van der Waals surface area contributed by atoms with Crippen LogP contribution < -0.4 is 9.88 Å². The number of nitrogens with one attached hydrogen (secondary N) is 1. The molecule has 0 unspecified atom stereocenters. The Morgan fingerprint density at radius 3 is 1.70 bits per heavy atom. The molecular formula is C30H27N2O+. The number of carbonyl (C=O) groups is 1. The van der Waals surface area contributed by atoms with Crippen LogP contribution in [0, 0.1) is 0 Å². The Labute approximate surface area is 195 Å². The van der Waals surface area contributed by atoms with Crippen LogP contribution in [0.3, 0.4) is 0 Å². The van der Waals surface area contributed by atoms with Gasteiger partial charge in [0.05, 0.1) is 11.3 Å². The highest BCUT2D eigenvalue weighted by Gasteiger charge is 2.31. The first-order valence-electron chi connectivity index (χ1n) is 10.9. The number of hydrogen-bond acceptors (Lipinski definition) is 2. The van der Waals surface area contributed by atoms with Crippen molar-refractivity contribution in [3.05, 3.63) is 131 Å². The van der Waals surface area contributed by atoms with Gasteiger partial charge in [-0.15, -0.1) is 0 Å². The van der Waals surface area contributed by atoms with Crippen molar-refractivity contribution in [1.82, 2.24) is 5.32 Å². The van der Waals surface area contributed by atoms with E-state index in [9.17, 15) is 4.79 Å². The fraction of sp³-hybridized carbons (Fsp3) is 0.0667. The molecule has 1 N–H and O–H groups in total. The molecule has 2 aromatic carbocycles. The molecule has 1 heterocycles. The zero-order chi connectivity index (χ0) is 23.2. The Kier molecular flexibility index (Phi) is 6.61. The lowest BCUT2D eigenvalue weighted by Gasteiger charge is -2.24. The van der Waals surface area contributed by atoms with Crippen molar-refractivity contribution < 1.29 is 9.36 Å². The summed E-state index contributed by atoms with van der Waals surface area (Å²) in [4.78, 5) is 12.1. The van der Waals surface area contributed by atoms with Crippen molar-refractivity contribution in [3.8, 4) is 0 Å². The van der Waals surface area contributed by atoms with Crippen LogP contribution in [0.5, 0.6) is 0 Å². The molecule has 0 amide bonds. The van der Waals surface area contributed by atoms with Crippen LogP contribution in [0.25, 0.3) is 29.9 Å². The zero-order valence-corrected chi connectivity index (χ0v) is 19.0. The third-order valence-electron chi connectivity index (χ3n) is 5.60. The van der Waals surface area contributed by atoms with E-state index in [0.29, 0.717) is 5.57 Å². The predicted octanol–water partition coefficient (Wildman–Crippen LogP) is 5.48. The monoisotopic (exact) mass is 431 g/mol. The summed E-state index contributed by atoms with van der Waals surface area (Å²) in [5.74, 6) is 0.0153. The Balaban J connectivity index is 1.36. The lowest BCUT2D eigenvalue weighted by Crippen LogP contribution is -2.28. The van der Waals surface area contributed by atoms with Crippen LogP contribution in [-0.4, -0.2) is 12.8 Å². The lowest BCUT2D eigenvalue weighted by molar-refractivity contribution is -0.671. The van der Waals surface area contributed by atoms with Gasteiger partial charge in [0.1, 0.15) is 7.05 Å². The van der Waals surface area contributed by atoms with Gasteiger partial charge in [0.2, 0.25) is 0 Å². The van der Waals surface area contributed by atoms with Gasteiger partial charge in [-0.05, 0) is 27.8 Å². The maximum atomic E-state index is 12.1. The molecule has 3 heteroatoms. The molecule has 0 spiro atoms. The van der Waals surface area contributed by atoms with Crippen LogP contribution in [0.2, 0.25) is 0 Å². The second-order valence-corrected chi connectivity index (χ2v) is 7.94. The number of likely N-dealkylation sites (N-methyl/N-ethyl adjacent to an activating group) is 1. The third-order valence-corrected chi connectivity index (χ3v) is 5.60. The van der Waals surface area contributed by atoms with E-state index < -0.39 is 0 Å². The van der Waals surface area contributed by atoms with Gasteiger partial charge in [-0.25, -0.2) is 4.57 Å². The standard InChI is InChI=1S/C30H26N2O/c1-22-29(31-2)28(30(22)33)27-16-14-26(15-17-27)13-12-25-10-8-23(9-11-25)6-4-5-7-24-18-20-32(3)21-19-24/h4-21H,1H2,2-3H3/p+1. The van der Waals surface area contributed by atoms with Crippen molar-refractivity contribution in [1.29, 1.82) is 0 Å². The van der Waals surface area contributed by atoms with E-state index in [0.717, 1.165) is 33.5 Å². The summed E-state index contributed by atoms with van der Waals surface area (Å²) in [6.07, 6.45) is 16.5. The van der Waals surface area contributed by atoms with E-state index in [2.05, 4.69) is 84.8 Å². The fourth-order valence-electron chi connectivity index (χ4n) is 3.65. The summed E-state index contributed by atoms with van der Waals surface area (Å²) in [6, 6.07) is 20.6. The number of carbonyl (C=O) groups excluding carboxylic acids is 1. The van der Waals surface area contributed by atoms with Gasteiger partial charge in [0, 0.05) is 24.8 Å². The van der Waals surface area contributed by atoms with Gasteiger partial charge in [-0.1, -0.05) is 91.6 Å². The average molecular weight is 432 g/mol. The van der Waals surface area contributed by atoms with Gasteiger partial charge >= 0.3 is 0 Å². The summed E-state index contributed by atoms with van der Waals surface area (Å²) in [7, 11) is 3.82. The van der Waals surface area contributed by atoms with Crippen LogP contribution >= 0.6 is 0 Å². The quantitative estimate of drug-likeness (QED) is 0.233. The number of pyridine rings is 1. The van der Waals surface area contributed by atoms with Crippen LogP contribution in [0.15, 0.2) is 103 Å². The van der Waals surface area contributed by atoms with Crippen molar-refractivity contribution in [2.24, 2.45) is 7.05 Å². The first-order valence-corrected chi connectivity index (χ1v) is 10.9. The van der Waals surface area contributed by atoms with Gasteiger partial charge < -0.3 is 5.32 Å². The number of ketones is 1. The van der Waals surface area contributed by atoms with E-state index in [1.165, 1.54) is 5.56 Å². The van der Waals surface area contributed by atoms with E-state index in [1.54, 1.807) is 0 Å². The molecule has 0 saturated carbocycles. The lowest BCUT2D eigenvalue weighted by atomic mass is 9.83. The fourth-order valence-corrected chi connectivity index (χ4v) is 3.65. The van der Waals surface area contributed by atoms with E-state index in [-0.39, 0.29) is 5.78 Å². The maximum absolute atomic E-state index is 12.1. The molecule has 1 aromatic heterocycles. The molecule has 1 aliphatic rings. The van der Waals surface area contributed by atoms with Crippen molar-refractivity contribution >= 4 is 35.7 Å². The Hall–Kier alpha value is -4.24. The molecular weight excluding hydrogens is 404 g/mol. The van der Waals surface area contributed by atoms with Crippen molar-refractivity contribution in [3.63, 3.8) is 0 Å². The number of Topliss-reactive ketones (excluding diaryl/α,β-unsaturated/α-hetero) is 1. The predicted molar refractivity (Wildman–Crippen MR) is 138 cm³/mol. The highest BCUT2D eigenvalue weighted by Crippen LogP contribution is 2.34. The zero-order valence-electron chi connectivity index (χ0n) is 19.0. The first kappa shape index (κ1) is 22.0. The van der Waals surface area contributed by atoms with Crippen molar-refractivity contribution in [2.75, 3.05) is 7.05 Å². The summed E-state index contributed by atoms with van der Waals surface area (Å²) < 4.78 is 2.02. The topological polar surface area (TPSA) is 33.0 Å². The molecule has 3 nitrogen and oxygen atoms in total. The molecule has 0 saturated heterocycles. The highest BCUT2D eigenvalue weighted by atomic mass is 16.1. The molecule has 4 rings (SSSR count). The Morgan fingerprint density at radius 1 is 0.727 bits per heavy atom. The first-order chi connectivity index (χ1) is 16.0. The summed E-state index contributed by atoms with van der Waals surface area (Å²) in [5, 5.41) is 3.06.